The Hall–Kier alpha value is -2.57. The highest BCUT2D eigenvalue weighted by atomic mass is 16.2. The number of likely N-dealkylation sites (tertiary alicyclic amines) is 1. The molecule has 2 heterocycles. The lowest BCUT2D eigenvalue weighted by molar-refractivity contribution is -0.127. The van der Waals surface area contributed by atoms with E-state index in [9.17, 15) is 4.79 Å². The number of carbonyl (C=O) groups is 1. The highest BCUT2D eigenvalue weighted by molar-refractivity contribution is 5.80. The minimum atomic E-state index is 0.288. The fraction of sp³-hybridized carbons (Fsp3) is 0.571. The molecule has 7 nitrogen and oxygen atoms in total. The Bertz CT molecular complexity index is 812. The molecule has 1 aromatic heterocycles. The van der Waals surface area contributed by atoms with Gasteiger partial charge in [-0.05, 0) is 45.2 Å². The average molecular weight is 385 g/mol. The van der Waals surface area contributed by atoms with Crippen LogP contribution in [0.5, 0.6) is 0 Å². The lowest BCUT2D eigenvalue weighted by Gasteiger charge is -2.15. The van der Waals surface area contributed by atoms with Gasteiger partial charge in [-0.3, -0.25) is 9.79 Å². The maximum atomic E-state index is 11.6. The summed E-state index contributed by atoms with van der Waals surface area (Å²) in [6.45, 7) is 9.19. The van der Waals surface area contributed by atoms with Gasteiger partial charge in [0.25, 0.3) is 0 Å². The van der Waals surface area contributed by atoms with Gasteiger partial charge in [-0.25, -0.2) is 4.98 Å². The third kappa shape index (κ3) is 5.24. The number of aryl methyl sites for hydroxylation is 2. The first-order valence-electron chi connectivity index (χ1n) is 10.4. The van der Waals surface area contributed by atoms with Crippen molar-refractivity contribution < 1.29 is 4.79 Å². The number of imidazole rings is 1. The maximum absolute atomic E-state index is 11.6. The highest BCUT2D eigenvalue weighted by Gasteiger charge is 2.18. The van der Waals surface area contributed by atoms with E-state index >= 15 is 0 Å². The van der Waals surface area contributed by atoms with Crippen molar-refractivity contribution >= 4 is 22.9 Å². The summed E-state index contributed by atoms with van der Waals surface area (Å²) in [5.41, 5.74) is 2.25. The summed E-state index contributed by atoms with van der Waals surface area (Å²) in [7, 11) is 0. The highest BCUT2D eigenvalue weighted by Crippen LogP contribution is 2.15. The molecule has 1 saturated heterocycles. The molecule has 0 aliphatic carbocycles. The molecule has 0 radical (unpaired) electrons. The van der Waals surface area contributed by atoms with Gasteiger partial charge in [0.2, 0.25) is 5.91 Å². The summed E-state index contributed by atoms with van der Waals surface area (Å²) < 4.78 is 2.27. The lowest BCUT2D eigenvalue weighted by atomic mass is 10.3. The van der Waals surface area contributed by atoms with Crippen molar-refractivity contribution in [1.29, 1.82) is 0 Å². The Morgan fingerprint density at radius 3 is 2.86 bits per heavy atom. The van der Waals surface area contributed by atoms with Crippen molar-refractivity contribution in [3.05, 3.63) is 30.1 Å². The van der Waals surface area contributed by atoms with E-state index in [0.29, 0.717) is 6.42 Å². The largest absolute Gasteiger partial charge is 0.357 e. The van der Waals surface area contributed by atoms with Crippen LogP contribution in [-0.4, -0.2) is 59.0 Å². The van der Waals surface area contributed by atoms with Crippen LogP contribution < -0.4 is 10.6 Å². The van der Waals surface area contributed by atoms with Crippen LogP contribution in [0.2, 0.25) is 0 Å². The molecule has 0 atom stereocenters. The van der Waals surface area contributed by atoms with Crippen molar-refractivity contribution in [2.24, 2.45) is 4.99 Å². The Balaban J connectivity index is 1.42. The lowest BCUT2D eigenvalue weighted by Crippen LogP contribution is -2.38. The topological polar surface area (TPSA) is 74.6 Å². The van der Waals surface area contributed by atoms with Gasteiger partial charge in [-0.1, -0.05) is 12.1 Å². The third-order valence-corrected chi connectivity index (χ3v) is 5.07. The molecule has 2 aromatic rings. The molecule has 0 unspecified atom stereocenters. The number of amides is 1. The smallest absolute Gasteiger partial charge is 0.222 e. The SMILES string of the molecule is CCNC(=NCCCN1CCCC1=O)NCCCn1c(C)nc2ccccc21. The van der Waals surface area contributed by atoms with Gasteiger partial charge in [-0.2, -0.15) is 0 Å². The van der Waals surface area contributed by atoms with Crippen LogP contribution in [0.3, 0.4) is 0 Å². The number of hydrogen-bond acceptors (Lipinski definition) is 3. The molecule has 1 amide bonds. The number of nitrogens with zero attached hydrogens (tertiary/aromatic N) is 4. The summed E-state index contributed by atoms with van der Waals surface area (Å²) in [5.74, 6) is 2.19. The normalized spacial score (nSPS) is 14.9. The molecule has 28 heavy (non-hydrogen) atoms. The van der Waals surface area contributed by atoms with E-state index in [4.69, 9.17) is 0 Å². The fourth-order valence-electron chi connectivity index (χ4n) is 3.66. The van der Waals surface area contributed by atoms with Gasteiger partial charge in [0, 0.05) is 45.7 Å². The van der Waals surface area contributed by atoms with E-state index in [1.807, 2.05) is 11.0 Å². The first kappa shape index (κ1) is 20.2. The Labute approximate surface area is 167 Å². The third-order valence-electron chi connectivity index (χ3n) is 5.07. The number of guanidine groups is 1. The molecule has 152 valence electrons. The van der Waals surface area contributed by atoms with Gasteiger partial charge in [0.1, 0.15) is 5.82 Å². The molecule has 1 aliphatic rings. The zero-order valence-corrected chi connectivity index (χ0v) is 17.1. The Kier molecular flexibility index (Phi) is 7.28. The standard InChI is InChI=1S/C21H32N6O/c1-3-22-21(23-12-7-15-26-14-6-11-20(26)28)24-13-8-16-27-17(2)25-18-9-4-5-10-19(18)27/h4-5,9-10H,3,6-8,11-16H2,1-2H3,(H2,22,23,24). The molecule has 1 aromatic carbocycles. The number of aromatic nitrogens is 2. The van der Waals surface area contributed by atoms with Gasteiger partial charge in [-0.15, -0.1) is 0 Å². The number of fused-ring (bicyclic) bond motifs is 1. The van der Waals surface area contributed by atoms with Crippen LogP contribution in [0.4, 0.5) is 0 Å². The van der Waals surface area contributed by atoms with Crippen LogP contribution in [0.1, 0.15) is 38.4 Å². The van der Waals surface area contributed by atoms with E-state index < -0.39 is 0 Å². The van der Waals surface area contributed by atoms with E-state index in [0.717, 1.165) is 75.8 Å². The molecule has 2 N–H and O–H groups in total. The van der Waals surface area contributed by atoms with E-state index in [2.05, 4.69) is 57.2 Å². The van der Waals surface area contributed by atoms with Crippen molar-refractivity contribution in [1.82, 2.24) is 25.1 Å². The molecule has 1 aliphatic heterocycles. The van der Waals surface area contributed by atoms with Crippen molar-refractivity contribution in [3.8, 4) is 0 Å². The molecule has 3 rings (SSSR count). The van der Waals surface area contributed by atoms with E-state index in [1.54, 1.807) is 0 Å². The van der Waals surface area contributed by atoms with Crippen LogP contribution in [0.15, 0.2) is 29.3 Å². The van der Waals surface area contributed by atoms with Crippen molar-refractivity contribution in [3.63, 3.8) is 0 Å². The Morgan fingerprint density at radius 2 is 2.07 bits per heavy atom. The van der Waals surface area contributed by atoms with Crippen molar-refractivity contribution in [2.45, 2.75) is 46.1 Å². The molecule has 0 spiro atoms. The van der Waals surface area contributed by atoms with Crippen LogP contribution >= 0.6 is 0 Å². The maximum Gasteiger partial charge on any atom is 0.222 e. The monoisotopic (exact) mass is 384 g/mol. The quantitative estimate of drug-likeness (QED) is 0.395. The number of carbonyl (C=O) groups excluding carboxylic acids is 1. The van der Waals surface area contributed by atoms with Gasteiger partial charge >= 0.3 is 0 Å². The number of rotatable bonds is 9. The minimum Gasteiger partial charge on any atom is -0.357 e. The fourth-order valence-corrected chi connectivity index (χ4v) is 3.66. The first-order valence-corrected chi connectivity index (χ1v) is 10.4. The molecule has 1 fully saturated rings. The number of para-hydroxylation sites is 2. The number of nitrogens with one attached hydrogen (secondary N) is 2. The molecule has 0 saturated carbocycles. The zero-order valence-electron chi connectivity index (χ0n) is 17.1. The second-order valence-electron chi connectivity index (χ2n) is 7.18. The average Bonchev–Trinajstić information content (AvgIpc) is 3.24. The van der Waals surface area contributed by atoms with Crippen LogP contribution in [0, 0.1) is 6.92 Å². The predicted octanol–water partition coefficient (Wildman–Crippen LogP) is 2.30. The second kappa shape index (κ2) is 10.1. The molecular weight excluding hydrogens is 352 g/mol. The summed E-state index contributed by atoms with van der Waals surface area (Å²) in [4.78, 5) is 22.9. The predicted molar refractivity (Wildman–Crippen MR) is 113 cm³/mol. The second-order valence-corrected chi connectivity index (χ2v) is 7.18. The van der Waals surface area contributed by atoms with Crippen LogP contribution in [-0.2, 0) is 11.3 Å². The Morgan fingerprint density at radius 1 is 1.21 bits per heavy atom. The summed E-state index contributed by atoms with van der Waals surface area (Å²) in [6, 6.07) is 8.27. The van der Waals surface area contributed by atoms with Gasteiger partial charge in [0.05, 0.1) is 11.0 Å². The number of hydrogen-bond donors (Lipinski definition) is 2. The summed E-state index contributed by atoms with van der Waals surface area (Å²) in [6.07, 6.45) is 3.60. The van der Waals surface area contributed by atoms with Crippen molar-refractivity contribution in [2.75, 3.05) is 32.7 Å². The van der Waals surface area contributed by atoms with Crippen LogP contribution in [0.25, 0.3) is 11.0 Å². The van der Waals surface area contributed by atoms with E-state index in [1.165, 1.54) is 5.52 Å². The molecular formula is C21H32N6O. The zero-order chi connectivity index (χ0) is 19.8. The van der Waals surface area contributed by atoms with E-state index in [-0.39, 0.29) is 5.91 Å². The van der Waals surface area contributed by atoms with Gasteiger partial charge < -0.3 is 20.1 Å². The molecule has 7 heteroatoms. The van der Waals surface area contributed by atoms with Gasteiger partial charge in [0.15, 0.2) is 5.96 Å². The molecule has 0 bridgehead atoms. The summed E-state index contributed by atoms with van der Waals surface area (Å²) in [5, 5.41) is 6.71. The minimum absolute atomic E-state index is 0.288. The number of benzene rings is 1. The summed E-state index contributed by atoms with van der Waals surface area (Å²) >= 11 is 0. The first-order chi connectivity index (χ1) is 13.7. The number of aliphatic imine (C=N–C) groups is 1.